The molecule has 0 spiro atoms. The molecule has 3 rings (SSSR count). The van der Waals surface area contributed by atoms with Crippen molar-refractivity contribution in [2.75, 3.05) is 0 Å². The van der Waals surface area contributed by atoms with Crippen molar-refractivity contribution in [1.82, 2.24) is 9.38 Å². The fourth-order valence-electron chi connectivity index (χ4n) is 1.91. The van der Waals surface area contributed by atoms with Crippen LogP contribution >= 0.6 is 11.6 Å². The molecule has 0 fully saturated rings. The van der Waals surface area contributed by atoms with Crippen LogP contribution in [-0.2, 0) is 0 Å². The van der Waals surface area contributed by atoms with Crippen LogP contribution in [0.1, 0.15) is 0 Å². The normalized spacial score (nSPS) is 11.0. The van der Waals surface area contributed by atoms with E-state index in [1.165, 1.54) is 12.1 Å². The van der Waals surface area contributed by atoms with E-state index < -0.39 is 0 Å². The van der Waals surface area contributed by atoms with Crippen molar-refractivity contribution in [2.24, 2.45) is 0 Å². The highest BCUT2D eigenvalue weighted by molar-refractivity contribution is 6.33. The molecule has 0 atom stereocenters. The number of fused-ring (bicyclic) bond motifs is 1. The Labute approximate surface area is 107 Å². The Bertz CT molecular complexity index is 739. The van der Waals surface area contributed by atoms with Gasteiger partial charge in [-0.05, 0) is 24.3 Å². The highest BCUT2D eigenvalue weighted by Gasteiger charge is 2.16. The van der Waals surface area contributed by atoms with Crippen LogP contribution in [0.15, 0.2) is 42.6 Å². The summed E-state index contributed by atoms with van der Waals surface area (Å²) in [6.07, 6.45) is 1.68. The van der Waals surface area contributed by atoms with Gasteiger partial charge in [0.15, 0.2) is 5.15 Å². The molecule has 3 nitrogen and oxygen atoms in total. The second kappa shape index (κ2) is 3.99. The number of nitrogens with zero attached hydrogens (tertiary/aromatic N) is 2. The van der Waals surface area contributed by atoms with Gasteiger partial charge < -0.3 is 5.11 Å². The molecule has 0 aliphatic rings. The molecule has 5 heteroatoms. The van der Waals surface area contributed by atoms with Crippen LogP contribution in [0.3, 0.4) is 0 Å². The van der Waals surface area contributed by atoms with Gasteiger partial charge in [0.1, 0.15) is 22.9 Å². The monoisotopic (exact) mass is 262 g/mol. The van der Waals surface area contributed by atoms with Crippen molar-refractivity contribution in [1.29, 1.82) is 0 Å². The van der Waals surface area contributed by atoms with Crippen LogP contribution in [0.25, 0.3) is 16.9 Å². The highest BCUT2D eigenvalue weighted by atomic mass is 35.5. The quantitative estimate of drug-likeness (QED) is 0.729. The molecule has 0 aliphatic heterocycles. The van der Waals surface area contributed by atoms with E-state index in [0.717, 1.165) is 0 Å². The zero-order valence-corrected chi connectivity index (χ0v) is 9.89. The molecule has 18 heavy (non-hydrogen) atoms. The number of aromatic hydroxyl groups is 1. The standard InChI is InChI=1S/C13H8ClFN2O/c14-12-11-10(18)6-3-7-17(11)13(16-12)8-4-1-2-5-9(8)15/h1-7,18H. The van der Waals surface area contributed by atoms with Gasteiger partial charge in [-0.25, -0.2) is 9.37 Å². The van der Waals surface area contributed by atoms with E-state index in [4.69, 9.17) is 11.6 Å². The molecule has 0 unspecified atom stereocenters. The Balaban J connectivity index is 2.38. The van der Waals surface area contributed by atoms with E-state index in [9.17, 15) is 9.50 Å². The van der Waals surface area contributed by atoms with E-state index in [0.29, 0.717) is 16.9 Å². The van der Waals surface area contributed by atoms with Crippen LogP contribution < -0.4 is 0 Å². The Hall–Kier alpha value is -2.07. The summed E-state index contributed by atoms with van der Waals surface area (Å²) in [6.45, 7) is 0. The molecule has 2 heterocycles. The molecule has 0 bridgehead atoms. The largest absolute Gasteiger partial charge is 0.506 e. The lowest BCUT2D eigenvalue weighted by atomic mass is 10.2. The van der Waals surface area contributed by atoms with Gasteiger partial charge >= 0.3 is 0 Å². The smallest absolute Gasteiger partial charge is 0.159 e. The summed E-state index contributed by atoms with van der Waals surface area (Å²) in [7, 11) is 0. The first-order chi connectivity index (χ1) is 8.68. The van der Waals surface area contributed by atoms with E-state index in [-0.39, 0.29) is 16.7 Å². The number of aromatic nitrogens is 2. The maximum atomic E-state index is 13.8. The first-order valence-electron chi connectivity index (χ1n) is 5.29. The molecule has 0 radical (unpaired) electrons. The van der Waals surface area contributed by atoms with Crippen LogP contribution in [-0.4, -0.2) is 14.5 Å². The van der Waals surface area contributed by atoms with Gasteiger partial charge in [-0.15, -0.1) is 0 Å². The summed E-state index contributed by atoms with van der Waals surface area (Å²) in [5.41, 5.74) is 0.711. The Morgan fingerprint density at radius 2 is 1.94 bits per heavy atom. The molecule has 1 N–H and O–H groups in total. The molecule has 90 valence electrons. The van der Waals surface area contributed by atoms with Crippen molar-refractivity contribution in [2.45, 2.75) is 0 Å². The lowest BCUT2D eigenvalue weighted by molar-refractivity contribution is 0.479. The number of rotatable bonds is 1. The summed E-state index contributed by atoms with van der Waals surface area (Å²) in [5, 5.41) is 9.89. The third-order valence-electron chi connectivity index (χ3n) is 2.72. The first-order valence-corrected chi connectivity index (χ1v) is 5.66. The van der Waals surface area contributed by atoms with E-state index in [1.54, 1.807) is 34.9 Å². The van der Waals surface area contributed by atoms with Crippen molar-refractivity contribution in [3.05, 3.63) is 53.6 Å². The topological polar surface area (TPSA) is 37.5 Å². The number of halogens is 2. The van der Waals surface area contributed by atoms with Gasteiger partial charge in [0.25, 0.3) is 0 Å². The van der Waals surface area contributed by atoms with Crippen molar-refractivity contribution < 1.29 is 9.50 Å². The SMILES string of the molecule is Oc1cccn2c(-c3ccccc3F)nc(Cl)c12. The predicted molar refractivity (Wildman–Crippen MR) is 67.3 cm³/mol. The lowest BCUT2D eigenvalue weighted by Gasteiger charge is -2.02. The Kier molecular flexibility index (Phi) is 2.45. The molecular weight excluding hydrogens is 255 g/mol. The molecule has 0 saturated heterocycles. The molecule has 3 aromatic rings. The fourth-order valence-corrected chi connectivity index (χ4v) is 2.18. The Morgan fingerprint density at radius 1 is 1.17 bits per heavy atom. The third kappa shape index (κ3) is 1.54. The molecular formula is C13H8ClFN2O. The minimum Gasteiger partial charge on any atom is -0.506 e. The maximum Gasteiger partial charge on any atom is 0.159 e. The van der Waals surface area contributed by atoms with E-state index in [1.807, 2.05) is 0 Å². The van der Waals surface area contributed by atoms with Crippen LogP contribution in [0, 0.1) is 5.82 Å². The maximum absolute atomic E-state index is 13.8. The van der Waals surface area contributed by atoms with Gasteiger partial charge in [0.05, 0.1) is 5.56 Å². The molecule has 0 amide bonds. The van der Waals surface area contributed by atoms with Crippen LogP contribution in [0.4, 0.5) is 4.39 Å². The van der Waals surface area contributed by atoms with Gasteiger partial charge in [0.2, 0.25) is 0 Å². The number of imidazole rings is 1. The number of pyridine rings is 1. The second-order valence-electron chi connectivity index (χ2n) is 3.82. The number of benzene rings is 1. The zero-order chi connectivity index (χ0) is 12.7. The van der Waals surface area contributed by atoms with Gasteiger partial charge in [-0.3, -0.25) is 4.40 Å². The highest BCUT2D eigenvalue weighted by Crippen LogP contribution is 2.31. The first kappa shape index (κ1) is 11.0. The molecule has 1 aromatic carbocycles. The fraction of sp³-hybridized carbons (Fsp3) is 0. The van der Waals surface area contributed by atoms with Crippen molar-refractivity contribution >= 4 is 17.1 Å². The van der Waals surface area contributed by atoms with Crippen LogP contribution in [0.5, 0.6) is 5.75 Å². The number of hydrogen-bond donors (Lipinski definition) is 1. The molecule has 0 aliphatic carbocycles. The van der Waals surface area contributed by atoms with Gasteiger partial charge in [0, 0.05) is 6.20 Å². The average Bonchev–Trinajstić information content (AvgIpc) is 2.69. The summed E-state index contributed by atoms with van der Waals surface area (Å²) in [4.78, 5) is 4.11. The van der Waals surface area contributed by atoms with Crippen LogP contribution in [0.2, 0.25) is 5.15 Å². The summed E-state index contributed by atoms with van der Waals surface area (Å²) in [5.74, 6) is -0.00833. The summed E-state index contributed by atoms with van der Waals surface area (Å²) < 4.78 is 15.3. The average molecular weight is 263 g/mol. The predicted octanol–water partition coefficient (Wildman–Crippen LogP) is 3.50. The molecule has 0 saturated carbocycles. The molecule has 2 aromatic heterocycles. The zero-order valence-electron chi connectivity index (χ0n) is 9.14. The third-order valence-corrected chi connectivity index (χ3v) is 2.98. The lowest BCUT2D eigenvalue weighted by Crippen LogP contribution is -1.91. The minimum absolute atomic E-state index is 0.0117. The minimum atomic E-state index is -0.385. The van der Waals surface area contributed by atoms with E-state index in [2.05, 4.69) is 4.98 Å². The summed E-state index contributed by atoms with van der Waals surface area (Å²) >= 11 is 5.97. The van der Waals surface area contributed by atoms with Gasteiger partial charge in [-0.1, -0.05) is 23.7 Å². The van der Waals surface area contributed by atoms with E-state index >= 15 is 0 Å². The van der Waals surface area contributed by atoms with Crippen molar-refractivity contribution in [3.8, 4) is 17.1 Å². The Morgan fingerprint density at radius 3 is 2.72 bits per heavy atom. The van der Waals surface area contributed by atoms with Gasteiger partial charge in [-0.2, -0.15) is 0 Å². The summed E-state index contributed by atoms with van der Waals surface area (Å²) in [6, 6.07) is 9.44. The number of hydrogen-bond acceptors (Lipinski definition) is 2. The van der Waals surface area contributed by atoms with Crippen molar-refractivity contribution in [3.63, 3.8) is 0 Å². The second-order valence-corrected chi connectivity index (χ2v) is 4.18.